The largest absolute Gasteiger partial charge is 0.471 e. The maximum Gasteiger partial charge on any atom is 0.286 e. The quantitative estimate of drug-likeness (QED) is 0.427. The average Bonchev–Trinajstić information content (AvgIpc) is 1.87. The van der Waals surface area contributed by atoms with Gasteiger partial charge in [0.2, 0.25) is 0 Å². The minimum Gasteiger partial charge on any atom is -0.471 e. The number of nitrogens with zero attached hydrogens (tertiary/aromatic N) is 1. The number of rotatable bonds is 0. The van der Waals surface area contributed by atoms with E-state index in [-0.39, 0.29) is 12.5 Å². The standard InChI is InChI=1S/C4H5NO2/c1-3-5-4(6)2-7-3/h2H2,1H3. The summed E-state index contributed by atoms with van der Waals surface area (Å²) in [5.41, 5.74) is 0. The highest BCUT2D eigenvalue weighted by atomic mass is 16.5. The molecule has 0 N–H and O–H groups in total. The highest BCUT2D eigenvalue weighted by Crippen LogP contribution is 1.92. The van der Waals surface area contributed by atoms with Gasteiger partial charge in [-0.2, -0.15) is 4.99 Å². The Kier molecular flexibility index (Phi) is 0.817. The molecule has 0 bridgehead atoms. The monoisotopic (exact) mass is 99.0 g/mol. The first kappa shape index (κ1) is 4.30. The Labute approximate surface area is 41.0 Å². The Morgan fingerprint density at radius 1 is 1.86 bits per heavy atom. The summed E-state index contributed by atoms with van der Waals surface area (Å²) in [6.45, 7) is 1.79. The van der Waals surface area contributed by atoms with Crippen molar-refractivity contribution in [3.05, 3.63) is 0 Å². The molecule has 0 saturated heterocycles. The predicted octanol–water partition coefficient (Wildman–Crippen LogP) is -0.0384. The van der Waals surface area contributed by atoms with Crippen LogP contribution in [-0.4, -0.2) is 18.4 Å². The van der Waals surface area contributed by atoms with Crippen LogP contribution < -0.4 is 0 Å². The van der Waals surface area contributed by atoms with Gasteiger partial charge in [-0.15, -0.1) is 0 Å². The second-order valence-corrected chi connectivity index (χ2v) is 1.31. The van der Waals surface area contributed by atoms with Crippen LogP contribution in [0.2, 0.25) is 0 Å². The highest BCUT2D eigenvalue weighted by molar-refractivity contribution is 5.96. The van der Waals surface area contributed by atoms with Crippen molar-refractivity contribution in [3.8, 4) is 0 Å². The van der Waals surface area contributed by atoms with Gasteiger partial charge in [0.25, 0.3) is 5.91 Å². The number of hydrogen-bond donors (Lipinski definition) is 0. The van der Waals surface area contributed by atoms with Crippen LogP contribution in [0, 0.1) is 0 Å². The number of ether oxygens (including phenoxy) is 1. The van der Waals surface area contributed by atoms with Crippen LogP contribution in [-0.2, 0) is 9.53 Å². The van der Waals surface area contributed by atoms with Crippen LogP contribution in [0.3, 0.4) is 0 Å². The summed E-state index contributed by atoms with van der Waals surface area (Å²) in [5.74, 6) is 0.294. The third-order valence-corrected chi connectivity index (χ3v) is 0.687. The predicted molar refractivity (Wildman–Crippen MR) is 24.1 cm³/mol. The van der Waals surface area contributed by atoms with Crippen LogP contribution in [0.5, 0.6) is 0 Å². The van der Waals surface area contributed by atoms with E-state index in [4.69, 9.17) is 0 Å². The van der Waals surface area contributed by atoms with Gasteiger partial charge in [-0.25, -0.2) is 0 Å². The van der Waals surface area contributed by atoms with Gasteiger partial charge in [-0.1, -0.05) is 0 Å². The molecule has 0 aromatic rings. The molecule has 1 rings (SSSR count). The molecule has 0 spiro atoms. The van der Waals surface area contributed by atoms with Crippen LogP contribution in [0.15, 0.2) is 4.99 Å². The lowest BCUT2D eigenvalue weighted by Crippen LogP contribution is -1.94. The Morgan fingerprint density at radius 3 is 2.71 bits per heavy atom. The minimum atomic E-state index is -0.183. The van der Waals surface area contributed by atoms with Gasteiger partial charge >= 0.3 is 0 Å². The molecule has 0 aliphatic carbocycles. The molecule has 0 unspecified atom stereocenters. The maximum absolute atomic E-state index is 10.1. The lowest BCUT2D eigenvalue weighted by atomic mass is 10.7. The molecule has 1 aliphatic heterocycles. The van der Waals surface area contributed by atoms with Crippen LogP contribution in [0.25, 0.3) is 0 Å². The number of carbonyl (C=O) groups is 1. The molecule has 0 fully saturated rings. The Hall–Kier alpha value is -0.860. The minimum absolute atomic E-state index is 0.131. The van der Waals surface area contributed by atoms with Crippen molar-refractivity contribution in [2.75, 3.05) is 6.61 Å². The molecular formula is C4H5NO2. The first-order valence-corrected chi connectivity index (χ1v) is 2.00. The third kappa shape index (κ3) is 0.765. The van der Waals surface area contributed by atoms with Gasteiger partial charge in [0.1, 0.15) is 0 Å². The van der Waals surface area contributed by atoms with Gasteiger partial charge in [-0.05, 0) is 0 Å². The van der Waals surface area contributed by atoms with E-state index in [9.17, 15) is 4.79 Å². The molecular weight excluding hydrogens is 94.0 g/mol. The summed E-state index contributed by atoms with van der Waals surface area (Å²) < 4.78 is 4.67. The molecule has 38 valence electrons. The number of hydrogen-bond acceptors (Lipinski definition) is 2. The van der Waals surface area contributed by atoms with Crippen molar-refractivity contribution in [3.63, 3.8) is 0 Å². The van der Waals surface area contributed by atoms with E-state index >= 15 is 0 Å². The topological polar surface area (TPSA) is 38.7 Å². The van der Waals surface area contributed by atoms with Gasteiger partial charge in [0.15, 0.2) is 12.5 Å². The van der Waals surface area contributed by atoms with Gasteiger partial charge < -0.3 is 4.74 Å². The molecule has 3 heteroatoms. The van der Waals surface area contributed by atoms with Crippen molar-refractivity contribution in [1.29, 1.82) is 0 Å². The van der Waals surface area contributed by atoms with Gasteiger partial charge in [-0.3, -0.25) is 4.79 Å². The second-order valence-electron chi connectivity index (χ2n) is 1.31. The smallest absolute Gasteiger partial charge is 0.286 e. The SMILES string of the molecule is CC1=NC(=O)CO1. The van der Waals surface area contributed by atoms with Crippen molar-refractivity contribution in [2.24, 2.45) is 4.99 Å². The van der Waals surface area contributed by atoms with E-state index in [2.05, 4.69) is 9.73 Å². The summed E-state index contributed by atoms with van der Waals surface area (Å²) in [6.07, 6.45) is 0. The number of carbonyl (C=O) groups excluding carboxylic acids is 1. The average molecular weight is 99.1 g/mol. The lowest BCUT2D eigenvalue weighted by molar-refractivity contribution is -0.118. The summed E-state index contributed by atoms with van der Waals surface area (Å²) in [4.78, 5) is 13.6. The molecule has 0 radical (unpaired) electrons. The molecule has 0 saturated carbocycles. The zero-order chi connectivity index (χ0) is 5.28. The summed E-state index contributed by atoms with van der Waals surface area (Å²) >= 11 is 0. The summed E-state index contributed by atoms with van der Waals surface area (Å²) in [6, 6.07) is 0. The number of aliphatic imine (C=N–C) groups is 1. The Bertz CT molecular complexity index is 128. The molecule has 0 atom stereocenters. The zero-order valence-corrected chi connectivity index (χ0v) is 3.97. The van der Waals surface area contributed by atoms with Crippen molar-refractivity contribution >= 4 is 11.8 Å². The maximum atomic E-state index is 10.1. The number of amides is 1. The van der Waals surface area contributed by atoms with E-state index in [1.807, 2.05) is 0 Å². The molecule has 1 heterocycles. The van der Waals surface area contributed by atoms with E-state index in [0.29, 0.717) is 5.90 Å². The normalized spacial score (nSPS) is 19.0. The van der Waals surface area contributed by atoms with Crippen molar-refractivity contribution in [1.82, 2.24) is 0 Å². The van der Waals surface area contributed by atoms with Gasteiger partial charge in [0.05, 0.1) is 0 Å². The Morgan fingerprint density at radius 2 is 2.57 bits per heavy atom. The van der Waals surface area contributed by atoms with Gasteiger partial charge in [0, 0.05) is 6.92 Å². The summed E-state index contributed by atoms with van der Waals surface area (Å²) in [7, 11) is 0. The first-order valence-electron chi connectivity index (χ1n) is 2.00. The van der Waals surface area contributed by atoms with Crippen molar-refractivity contribution in [2.45, 2.75) is 6.92 Å². The van der Waals surface area contributed by atoms with Crippen LogP contribution >= 0.6 is 0 Å². The van der Waals surface area contributed by atoms with E-state index in [1.54, 1.807) is 6.92 Å². The summed E-state index contributed by atoms with van der Waals surface area (Å²) in [5, 5.41) is 0. The Balaban J connectivity index is 2.67. The van der Waals surface area contributed by atoms with E-state index in [0.717, 1.165) is 0 Å². The fraction of sp³-hybridized carbons (Fsp3) is 0.500. The molecule has 7 heavy (non-hydrogen) atoms. The van der Waals surface area contributed by atoms with Crippen LogP contribution in [0.1, 0.15) is 6.92 Å². The van der Waals surface area contributed by atoms with E-state index < -0.39 is 0 Å². The fourth-order valence-electron chi connectivity index (χ4n) is 0.406. The molecule has 0 aromatic heterocycles. The van der Waals surface area contributed by atoms with E-state index in [1.165, 1.54) is 0 Å². The third-order valence-electron chi connectivity index (χ3n) is 0.687. The molecule has 0 aromatic carbocycles. The second kappa shape index (κ2) is 1.33. The highest BCUT2D eigenvalue weighted by Gasteiger charge is 2.08. The first-order chi connectivity index (χ1) is 3.29. The fourth-order valence-corrected chi connectivity index (χ4v) is 0.406. The lowest BCUT2D eigenvalue weighted by Gasteiger charge is -1.84. The molecule has 1 amide bonds. The molecule has 1 aliphatic rings. The zero-order valence-electron chi connectivity index (χ0n) is 3.97. The van der Waals surface area contributed by atoms with Crippen molar-refractivity contribution < 1.29 is 9.53 Å². The molecule has 3 nitrogen and oxygen atoms in total. The van der Waals surface area contributed by atoms with Crippen LogP contribution in [0.4, 0.5) is 0 Å².